The summed E-state index contributed by atoms with van der Waals surface area (Å²) in [5, 5.41) is 11.9. The average Bonchev–Trinajstić information content (AvgIpc) is 2.27. The average molecular weight is 242 g/mol. The smallest absolute Gasteiger partial charge is 0.223 e. The molecule has 0 aromatic carbocycles. The van der Waals surface area contributed by atoms with Crippen LogP contribution in [0.2, 0.25) is 0 Å². The number of hydrogen-bond donors (Lipinski definition) is 3. The molecule has 1 rings (SSSR count). The monoisotopic (exact) mass is 242 g/mol. The number of aliphatic hydroxyl groups excluding tert-OH is 1. The number of amides is 1. The maximum atomic E-state index is 11.9. The van der Waals surface area contributed by atoms with Crippen LogP contribution in [-0.2, 0) is 4.79 Å². The van der Waals surface area contributed by atoms with Gasteiger partial charge in [-0.3, -0.25) is 4.79 Å². The third kappa shape index (κ3) is 5.04. The van der Waals surface area contributed by atoms with E-state index in [0.29, 0.717) is 13.0 Å². The van der Waals surface area contributed by atoms with Crippen molar-refractivity contribution in [2.45, 2.75) is 52.0 Å². The van der Waals surface area contributed by atoms with Gasteiger partial charge in [0.15, 0.2) is 0 Å². The van der Waals surface area contributed by atoms with E-state index in [1.54, 1.807) is 0 Å². The van der Waals surface area contributed by atoms with Crippen molar-refractivity contribution in [1.29, 1.82) is 0 Å². The fourth-order valence-electron chi connectivity index (χ4n) is 2.24. The Hall–Kier alpha value is -0.610. The van der Waals surface area contributed by atoms with E-state index in [0.717, 1.165) is 25.7 Å². The van der Waals surface area contributed by atoms with E-state index in [9.17, 15) is 4.79 Å². The summed E-state index contributed by atoms with van der Waals surface area (Å²) in [6.45, 7) is 4.91. The van der Waals surface area contributed by atoms with Crippen molar-refractivity contribution in [1.82, 2.24) is 5.32 Å². The van der Waals surface area contributed by atoms with Gasteiger partial charge in [0, 0.05) is 25.1 Å². The van der Waals surface area contributed by atoms with Gasteiger partial charge in [-0.05, 0) is 37.5 Å². The Labute approximate surface area is 104 Å². The van der Waals surface area contributed by atoms with Crippen LogP contribution in [0.25, 0.3) is 0 Å². The third-order valence-electron chi connectivity index (χ3n) is 3.67. The first-order valence-electron chi connectivity index (χ1n) is 6.59. The zero-order chi connectivity index (χ0) is 12.9. The van der Waals surface area contributed by atoms with Crippen LogP contribution in [-0.4, -0.2) is 30.2 Å². The lowest BCUT2D eigenvalue weighted by Gasteiger charge is -2.28. The Morgan fingerprint density at radius 3 is 2.47 bits per heavy atom. The van der Waals surface area contributed by atoms with E-state index < -0.39 is 0 Å². The van der Waals surface area contributed by atoms with Gasteiger partial charge < -0.3 is 16.2 Å². The van der Waals surface area contributed by atoms with Crippen molar-refractivity contribution in [2.75, 3.05) is 13.2 Å². The highest BCUT2D eigenvalue weighted by molar-refractivity contribution is 5.78. The van der Waals surface area contributed by atoms with Gasteiger partial charge in [-0.1, -0.05) is 13.8 Å². The maximum absolute atomic E-state index is 11.9. The number of aliphatic hydroxyl groups is 1. The minimum absolute atomic E-state index is 0.0323. The summed E-state index contributed by atoms with van der Waals surface area (Å²) in [6.07, 6.45) is 4.44. The molecule has 100 valence electrons. The molecule has 0 radical (unpaired) electrons. The van der Waals surface area contributed by atoms with Crippen LogP contribution in [0.3, 0.4) is 0 Å². The van der Waals surface area contributed by atoms with Crippen LogP contribution in [0.5, 0.6) is 0 Å². The fraction of sp³-hybridized carbons (Fsp3) is 0.923. The van der Waals surface area contributed by atoms with Crippen LogP contribution < -0.4 is 11.1 Å². The summed E-state index contributed by atoms with van der Waals surface area (Å²) >= 11 is 0. The SMILES string of the molecule is CC(C)(CCO)CNC(=O)C1CCC(N)CC1. The first-order valence-corrected chi connectivity index (χ1v) is 6.59. The molecular weight excluding hydrogens is 216 g/mol. The summed E-state index contributed by atoms with van der Waals surface area (Å²) in [4.78, 5) is 11.9. The molecule has 4 heteroatoms. The quantitative estimate of drug-likeness (QED) is 0.674. The van der Waals surface area contributed by atoms with Crippen LogP contribution in [0, 0.1) is 11.3 Å². The lowest BCUT2D eigenvalue weighted by atomic mass is 9.85. The molecule has 4 nitrogen and oxygen atoms in total. The number of carbonyl (C=O) groups excluding carboxylic acids is 1. The van der Waals surface area contributed by atoms with Crippen molar-refractivity contribution in [3.05, 3.63) is 0 Å². The minimum Gasteiger partial charge on any atom is -0.396 e. The molecule has 1 aliphatic carbocycles. The molecule has 0 aliphatic heterocycles. The highest BCUT2D eigenvalue weighted by atomic mass is 16.3. The molecule has 0 aromatic heterocycles. The summed E-state index contributed by atoms with van der Waals surface area (Å²) in [5.74, 6) is 0.294. The van der Waals surface area contributed by atoms with E-state index in [-0.39, 0.29) is 29.9 Å². The number of nitrogens with one attached hydrogen (secondary N) is 1. The fourth-order valence-corrected chi connectivity index (χ4v) is 2.24. The Morgan fingerprint density at radius 2 is 1.94 bits per heavy atom. The van der Waals surface area contributed by atoms with Gasteiger partial charge in [-0.25, -0.2) is 0 Å². The molecule has 1 aliphatic rings. The molecule has 0 unspecified atom stereocenters. The Balaban J connectivity index is 2.29. The standard InChI is InChI=1S/C13H26N2O2/c1-13(2,7-8-16)9-15-12(17)10-3-5-11(14)6-4-10/h10-11,16H,3-9,14H2,1-2H3,(H,15,17). The Kier molecular flexibility index (Phi) is 5.40. The summed E-state index contributed by atoms with van der Waals surface area (Å²) in [5.41, 5.74) is 5.79. The van der Waals surface area contributed by atoms with Crippen molar-refractivity contribution >= 4 is 5.91 Å². The summed E-state index contributed by atoms with van der Waals surface area (Å²) < 4.78 is 0. The summed E-state index contributed by atoms with van der Waals surface area (Å²) in [6, 6.07) is 0.282. The second-order valence-electron chi connectivity index (χ2n) is 5.97. The molecule has 0 bridgehead atoms. The van der Waals surface area contributed by atoms with Crippen LogP contribution >= 0.6 is 0 Å². The van der Waals surface area contributed by atoms with Crippen molar-refractivity contribution in [2.24, 2.45) is 17.1 Å². The second-order valence-corrected chi connectivity index (χ2v) is 5.97. The van der Waals surface area contributed by atoms with E-state index in [4.69, 9.17) is 10.8 Å². The lowest BCUT2D eigenvalue weighted by Crippen LogP contribution is -2.40. The normalized spacial score (nSPS) is 25.6. The molecule has 1 saturated carbocycles. The molecule has 0 heterocycles. The summed E-state index contributed by atoms with van der Waals surface area (Å²) in [7, 11) is 0. The predicted octanol–water partition coefficient (Wildman–Crippen LogP) is 1.03. The first kappa shape index (κ1) is 14.5. The van der Waals surface area contributed by atoms with Crippen molar-refractivity contribution < 1.29 is 9.90 Å². The highest BCUT2D eigenvalue weighted by Crippen LogP contribution is 2.24. The van der Waals surface area contributed by atoms with Gasteiger partial charge in [0.05, 0.1) is 0 Å². The number of rotatable bonds is 5. The maximum Gasteiger partial charge on any atom is 0.223 e. The van der Waals surface area contributed by atoms with Gasteiger partial charge in [0.2, 0.25) is 5.91 Å². The third-order valence-corrected chi connectivity index (χ3v) is 3.67. The topological polar surface area (TPSA) is 75.3 Å². The van der Waals surface area contributed by atoms with Gasteiger partial charge >= 0.3 is 0 Å². The van der Waals surface area contributed by atoms with Gasteiger partial charge in [-0.2, -0.15) is 0 Å². The molecule has 17 heavy (non-hydrogen) atoms. The second kappa shape index (κ2) is 6.36. The van der Waals surface area contributed by atoms with Gasteiger partial charge in [0.1, 0.15) is 0 Å². The van der Waals surface area contributed by atoms with Crippen molar-refractivity contribution in [3.63, 3.8) is 0 Å². The molecule has 0 spiro atoms. The van der Waals surface area contributed by atoms with Crippen LogP contribution in [0.4, 0.5) is 0 Å². The number of nitrogens with two attached hydrogens (primary N) is 1. The molecular formula is C13H26N2O2. The van der Waals surface area contributed by atoms with E-state index >= 15 is 0 Å². The van der Waals surface area contributed by atoms with Gasteiger partial charge in [-0.15, -0.1) is 0 Å². The predicted molar refractivity (Wildman–Crippen MR) is 68.4 cm³/mol. The van der Waals surface area contributed by atoms with E-state index in [1.807, 2.05) is 0 Å². The molecule has 1 fully saturated rings. The lowest BCUT2D eigenvalue weighted by molar-refractivity contribution is -0.126. The van der Waals surface area contributed by atoms with Crippen LogP contribution in [0.1, 0.15) is 46.0 Å². The first-order chi connectivity index (χ1) is 7.94. The number of carbonyl (C=O) groups is 1. The van der Waals surface area contributed by atoms with Crippen LogP contribution in [0.15, 0.2) is 0 Å². The Morgan fingerprint density at radius 1 is 1.35 bits per heavy atom. The highest BCUT2D eigenvalue weighted by Gasteiger charge is 2.26. The molecule has 0 saturated heterocycles. The molecule has 4 N–H and O–H groups in total. The number of hydrogen-bond acceptors (Lipinski definition) is 3. The van der Waals surface area contributed by atoms with E-state index in [2.05, 4.69) is 19.2 Å². The largest absolute Gasteiger partial charge is 0.396 e. The molecule has 1 amide bonds. The zero-order valence-electron chi connectivity index (χ0n) is 11.0. The Bertz CT molecular complexity index is 246. The zero-order valence-corrected chi connectivity index (χ0v) is 11.0. The minimum atomic E-state index is -0.0323. The molecule has 0 atom stereocenters. The van der Waals surface area contributed by atoms with Crippen molar-refractivity contribution in [3.8, 4) is 0 Å². The van der Waals surface area contributed by atoms with E-state index in [1.165, 1.54) is 0 Å². The van der Waals surface area contributed by atoms with Gasteiger partial charge in [0.25, 0.3) is 0 Å². The molecule has 0 aromatic rings.